The van der Waals surface area contributed by atoms with Gasteiger partial charge >= 0.3 is 0 Å². The zero-order valence-corrected chi connectivity index (χ0v) is 14.8. The molecule has 24 heavy (non-hydrogen) atoms. The second-order valence-corrected chi connectivity index (χ2v) is 6.78. The van der Waals surface area contributed by atoms with Gasteiger partial charge in [0.1, 0.15) is 5.65 Å². The Hall–Kier alpha value is -1.88. The molecule has 0 saturated heterocycles. The average Bonchev–Trinajstić information content (AvgIpc) is 2.98. The van der Waals surface area contributed by atoms with Gasteiger partial charge in [-0.15, -0.1) is 0 Å². The smallest absolute Gasteiger partial charge is 0.255 e. The van der Waals surface area contributed by atoms with Crippen LogP contribution in [0.15, 0.2) is 18.3 Å². The maximum atomic E-state index is 12.7. The van der Waals surface area contributed by atoms with Crippen LogP contribution in [0.4, 0.5) is 0 Å². The molecule has 1 saturated carbocycles. The van der Waals surface area contributed by atoms with Crippen molar-refractivity contribution in [1.82, 2.24) is 14.7 Å². The van der Waals surface area contributed by atoms with E-state index in [2.05, 4.69) is 17.2 Å². The summed E-state index contributed by atoms with van der Waals surface area (Å²) < 4.78 is 7.79. The highest BCUT2D eigenvalue weighted by molar-refractivity contribution is 6.00. The number of ether oxygens (including phenoxy) is 1. The molecule has 0 spiro atoms. The summed E-state index contributed by atoms with van der Waals surface area (Å²) in [6.07, 6.45) is 7.36. The van der Waals surface area contributed by atoms with Gasteiger partial charge < -0.3 is 14.5 Å². The Morgan fingerprint density at radius 2 is 2.08 bits per heavy atom. The molecule has 1 amide bonds. The summed E-state index contributed by atoms with van der Waals surface area (Å²) in [7, 11) is 0. The lowest BCUT2D eigenvalue weighted by Crippen LogP contribution is -2.39. The van der Waals surface area contributed by atoms with Crippen molar-refractivity contribution in [2.45, 2.75) is 65.0 Å². The molecule has 1 aliphatic carbocycles. The minimum atomic E-state index is -0.0204. The summed E-state index contributed by atoms with van der Waals surface area (Å²) in [4.78, 5) is 17.2. The second kappa shape index (κ2) is 7.34. The van der Waals surface area contributed by atoms with E-state index in [4.69, 9.17) is 4.74 Å². The largest absolute Gasteiger partial charge is 0.378 e. The van der Waals surface area contributed by atoms with Crippen molar-refractivity contribution in [2.75, 3.05) is 6.61 Å². The number of amides is 1. The number of carbonyl (C=O) groups excluding carboxylic acids is 1. The first kappa shape index (κ1) is 17.0. The van der Waals surface area contributed by atoms with E-state index in [1.54, 1.807) is 0 Å². The van der Waals surface area contributed by atoms with Crippen LogP contribution in [-0.2, 0) is 4.74 Å². The van der Waals surface area contributed by atoms with E-state index in [1.165, 1.54) is 0 Å². The summed E-state index contributed by atoms with van der Waals surface area (Å²) >= 11 is 0. The SMILES string of the molecule is CCCO[C@H]1CC[C@H](NC(=O)c2ccn3c(C)cc(C)nc23)CC1. The Balaban J connectivity index is 1.64. The number of carbonyl (C=O) groups is 1. The quantitative estimate of drug-likeness (QED) is 0.914. The van der Waals surface area contributed by atoms with E-state index >= 15 is 0 Å². The lowest BCUT2D eigenvalue weighted by molar-refractivity contribution is 0.0227. The van der Waals surface area contributed by atoms with Gasteiger partial charge in [-0.2, -0.15) is 0 Å². The maximum Gasteiger partial charge on any atom is 0.255 e. The molecule has 2 heterocycles. The van der Waals surface area contributed by atoms with Gasteiger partial charge in [-0.05, 0) is 58.1 Å². The van der Waals surface area contributed by atoms with E-state index in [0.717, 1.165) is 55.7 Å². The molecule has 1 aliphatic rings. The molecule has 1 N–H and O–H groups in total. The summed E-state index contributed by atoms with van der Waals surface area (Å²) in [5.74, 6) is -0.0204. The number of fused-ring (bicyclic) bond motifs is 1. The van der Waals surface area contributed by atoms with Crippen molar-refractivity contribution >= 4 is 11.6 Å². The number of aryl methyl sites for hydroxylation is 2. The molecule has 5 nitrogen and oxygen atoms in total. The topological polar surface area (TPSA) is 55.6 Å². The lowest BCUT2D eigenvalue weighted by Gasteiger charge is -2.29. The average molecular weight is 329 g/mol. The fourth-order valence-corrected chi connectivity index (χ4v) is 3.49. The second-order valence-electron chi connectivity index (χ2n) is 6.78. The zero-order chi connectivity index (χ0) is 17.1. The molecule has 0 aromatic carbocycles. The number of nitrogens with one attached hydrogen (secondary N) is 1. The number of aromatic nitrogens is 2. The van der Waals surface area contributed by atoms with Crippen molar-refractivity contribution in [3.05, 3.63) is 35.3 Å². The van der Waals surface area contributed by atoms with Crippen molar-refractivity contribution in [1.29, 1.82) is 0 Å². The van der Waals surface area contributed by atoms with Crippen molar-refractivity contribution in [3.63, 3.8) is 0 Å². The van der Waals surface area contributed by atoms with Crippen LogP contribution in [0.1, 0.15) is 60.8 Å². The van der Waals surface area contributed by atoms with Gasteiger partial charge in [0.05, 0.1) is 11.7 Å². The van der Waals surface area contributed by atoms with Gasteiger partial charge in [0.15, 0.2) is 0 Å². The standard InChI is InChI=1S/C19H27N3O2/c1-4-11-24-16-7-5-15(6-8-16)21-19(23)17-9-10-22-14(3)12-13(2)20-18(17)22/h9-10,12,15-16H,4-8,11H2,1-3H3,(H,21,23)/t15-,16-. The molecule has 0 bridgehead atoms. The van der Waals surface area contributed by atoms with Crippen molar-refractivity contribution < 1.29 is 9.53 Å². The first-order valence-corrected chi connectivity index (χ1v) is 8.96. The van der Waals surface area contributed by atoms with Crippen molar-refractivity contribution in [2.24, 2.45) is 0 Å². The Bertz CT molecular complexity index is 715. The minimum Gasteiger partial charge on any atom is -0.378 e. The molecular weight excluding hydrogens is 302 g/mol. The number of nitrogens with zero attached hydrogens (tertiary/aromatic N) is 2. The van der Waals surface area contributed by atoms with E-state index in [9.17, 15) is 4.79 Å². The normalized spacial score (nSPS) is 21.1. The Morgan fingerprint density at radius 3 is 2.79 bits per heavy atom. The van der Waals surface area contributed by atoms with E-state index in [-0.39, 0.29) is 11.9 Å². The third kappa shape index (κ3) is 3.61. The van der Waals surface area contributed by atoms with E-state index in [1.807, 2.05) is 36.6 Å². The van der Waals surface area contributed by atoms with E-state index in [0.29, 0.717) is 11.7 Å². The predicted octanol–water partition coefficient (Wildman–Crippen LogP) is 3.42. The molecule has 5 heteroatoms. The van der Waals surface area contributed by atoms with Crippen LogP contribution >= 0.6 is 0 Å². The first-order valence-electron chi connectivity index (χ1n) is 8.96. The minimum absolute atomic E-state index is 0.0204. The van der Waals surface area contributed by atoms with Crippen LogP contribution in [0.25, 0.3) is 5.65 Å². The van der Waals surface area contributed by atoms with Gasteiger partial charge in [-0.25, -0.2) is 4.98 Å². The van der Waals surface area contributed by atoms with Gasteiger partial charge in [-0.3, -0.25) is 4.79 Å². The highest BCUT2D eigenvalue weighted by Crippen LogP contribution is 2.22. The number of rotatable bonds is 5. The predicted molar refractivity (Wildman–Crippen MR) is 94.4 cm³/mol. The molecule has 3 rings (SSSR count). The zero-order valence-electron chi connectivity index (χ0n) is 14.8. The maximum absolute atomic E-state index is 12.7. The summed E-state index contributed by atoms with van der Waals surface area (Å²) in [6.45, 7) is 6.95. The molecule has 2 aromatic rings. The molecule has 1 fully saturated rings. The molecule has 0 radical (unpaired) electrons. The molecule has 2 aromatic heterocycles. The van der Waals surface area contributed by atoms with Crippen LogP contribution in [0.5, 0.6) is 0 Å². The van der Waals surface area contributed by atoms with Crippen LogP contribution in [0, 0.1) is 13.8 Å². The summed E-state index contributed by atoms with van der Waals surface area (Å²) in [5.41, 5.74) is 3.42. The third-order valence-electron chi connectivity index (χ3n) is 4.75. The van der Waals surface area contributed by atoms with Crippen molar-refractivity contribution in [3.8, 4) is 0 Å². The lowest BCUT2D eigenvalue weighted by atomic mass is 9.92. The Morgan fingerprint density at radius 1 is 1.33 bits per heavy atom. The van der Waals surface area contributed by atoms with Crippen LogP contribution < -0.4 is 5.32 Å². The fourth-order valence-electron chi connectivity index (χ4n) is 3.49. The van der Waals surface area contributed by atoms with Gasteiger partial charge in [0.2, 0.25) is 0 Å². The highest BCUT2D eigenvalue weighted by Gasteiger charge is 2.24. The number of hydrogen-bond acceptors (Lipinski definition) is 3. The van der Waals surface area contributed by atoms with Crippen LogP contribution in [-0.4, -0.2) is 34.0 Å². The monoisotopic (exact) mass is 329 g/mol. The molecular formula is C19H27N3O2. The van der Waals surface area contributed by atoms with Gasteiger partial charge in [0.25, 0.3) is 5.91 Å². The fraction of sp³-hybridized carbons (Fsp3) is 0.579. The molecule has 0 unspecified atom stereocenters. The summed E-state index contributed by atoms with van der Waals surface area (Å²) in [6, 6.07) is 4.12. The summed E-state index contributed by atoms with van der Waals surface area (Å²) in [5, 5.41) is 3.18. The van der Waals surface area contributed by atoms with Gasteiger partial charge in [0, 0.05) is 30.2 Å². The third-order valence-corrected chi connectivity index (χ3v) is 4.75. The van der Waals surface area contributed by atoms with E-state index < -0.39 is 0 Å². The van der Waals surface area contributed by atoms with Crippen LogP contribution in [0.3, 0.4) is 0 Å². The highest BCUT2D eigenvalue weighted by atomic mass is 16.5. The molecule has 130 valence electrons. The van der Waals surface area contributed by atoms with Gasteiger partial charge in [-0.1, -0.05) is 6.92 Å². The Labute approximate surface area is 143 Å². The first-order chi connectivity index (χ1) is 11.6. The number of hydrogen-bond donors (Lipinski definition) is 1. The Kier molecular flexibility index (Phi) is 5.19. The molecule has 0 atom stereocenters. The van der Waals surface area contributed by atoms with Crippen LogP contribution in [0.2, 0.25) is 0 Å². The molecule has 0 aliphatic heterocycles.